The minimum Gasteiger partial charge on any atom is -0.303 e. The third kappa shape index (κ3) is 45.4. The van der Waals surface area contributed by atoms with Gasteiger partial charge in [-0.3, -0.25) is 0 Å². The van der Waals surface area contributed by atoms with Gasteiger partial charge in [-0.25, -0.2) is 4.57 Å². The molecule has 0 saturated carbocycles. The molecule has 71 valence electrons. The van der Waals surface area contributed by atoms with Crippen LogP contribution in [0.4, 0.5) is 0 Å². The largest absolute Gasteiger partial charge is 0.466 e. The van der Waals surface area contributed by atoms with E-state index in [0.717, 1.165) is 0 Å². The maximum Gasteiger partial charge on any atom is 0.466 e. The average Bonchev–Trinajstić information content (AvgIpc) is 1.85. The van der Waals surface area contributed by atoms with Crippen LogP contribution in [0.15, 0.2) is 0 Å². The fourth-order valence-corrected chi connectivity index (χ4v) is 1.35. The van der Waals surface area contributed by atoms with Crippen LogP contribution in [0.3, 0.4) is 0 Å². The summed E-state index contributed by atoms with van der Waals surface area (Å²) in [6.45, 7) is 2.26. The zero-order valence-electron chi connectivity index (χ0n) is 7.44. The van der Waals surface area contributed by atoms with Gasteiger partial charge in [0, 0.05) is 0 Å². The summed E-state index contributed by atoms with van der Waals surface area (Å²) in [5.41, 5.74) is 0. The van der Waals surface area contributed by atoms with E-state index < -0.39 is 7.82 Å². The zero-order valence-corrected chi connectivity index (χ0v) is 11.3. The van der Waals surface area contributed by atoms with E-state index in [-0.39, 0.29) is 0 Å². The van der Waals surface area contributed by atoms with Crippen molar-refractivity contribution in [3.05, 3.63) is 0 Å². The van der Waals surface area contributed by atoms with E-state index in [0.29, 0.717) is 0 Å². The van der Waals surface area contributed by atoms with Gasteiger partial charge in [0.15, 0.2) is 0 Å². The first-order chi connectivity index (χ1) is 5.41. The van der Waals surface area contributed by atoms with Crippen LogP contribution < -0.4 is 0 Å². The van der Waals surface area contributed by atoms with Crippen LogP contribution in [-0.2, 0) is 22.9 Å². The Kier molecular flexibility index (Phi) is 12.5. The Morgan fingerprint density at radius 3 is 1.83 bits per heavy atom. The summed E-state index contributed by atoms with van der Waals surface area (Å²) in [7, 11) is -4.64. The fraction of sp³-hybridized carbons (Fsp3) is 1.00. The fourth-order valence-electron chi connectivity index (χ4n) is 0.604. The molecule has 0 fully saturated rings. The van der Waals surface area contributed by atoms with Crippen LogP contribution in [0.1, 0.15) is 32.6 Å². The molecule has 4 nitrogen and oxygen atoms in total. The molecule has 0 aromatic rings. The Morgan fingerprint density at radius 2 is 1.58 bits per heavy atom. The first kappa shape index (κ1) is 15.2. The third-order valence-corrected chi connectivity index (χ3v) is 2.15. The molecular weight excluding hydrogens is 232 g/mol. The Hall–Kier alpha value is 0.733. The SMILES string of the molecule is CCCCC[CH2][Zn].O=P(O)(O)O. The van der Waals surface area contributed by atoms with Gasteiger partial charge in [0.2, 0.25) is 0 Å². The first-order valence-corrected chi connectivity index (χ1v) is 7.65. The van der Waals surface area contributed by atoms with Crippen molar-refractivity contribution in [3.63, 3.8) is 0 Å². The monoisotopic (exact) mass is 247 g/mol. The normalized spacial score (nSPS) is 10.5. The van der Waals surface area contributed by atoms with Crippen LogP contribution >= 0.6 is 7.82 Å². The predicted octanol–water partition coefficient (Wildman–Crippen LogP) is 1.60. The molecule has 0 unspecified atom stereocenters. The molecule has 0 radical (unpaired) electrons. The molecule has 0 aliphatic carbocycles. The summed E-state index contributed by atoms with van der Waals surface area (Å²) in [6.07, 6.45) is 5.77. The summed E-state index contributed by atoms with van der Waals surface area (Å²) in [5.74, 6) is 0. The summed E-state index contributed by atoms with van der Waals surface area (Å²) in [6, 6.07) is 0. The molecular formula is C6H16O4PZn. The Balaban J connectivity index is 0. The van der Waals surface area contributed by atoms with Gasteiger partial charge in [-0.05, 0) is 0 Å². The predicted molar refractivity (Wildman–Crippen MR) is 43.2 cm³/mol. The third-order valence-electron chi connectivity index (χ3n) is 1.10. The second-order valence-corrected chi connectivity index (χ2v) is 4.94. The Bertz CT molecular complexity index is 112. The molecule has 6 heteroatoms. The molecule has 0 aliphatic rings. The van der Waals surface area contributed by atoms with Gasteiger partial charge in [0.1, 0.15) is 0 Å². The number of unbranched alkanes of at least 4 members (excludes halogenated alkanes) is 3. The molecule has 3 N–H and O–H groups in total. The van der Waals surface area contributed by atoms with Crippen LogP contribution in [0.25, 0.3) is 0 Å². The number of phosphoric acid groups is 1. The van der Waals surface area contributed by atoms with Gasteiger partial charge in [0.25, 0.3) is 0 Å². The van der Waals surface area contributed by atoms with Crippen LogP contribution in [0, 0.1) is 0 Å². The van der Waals surface area contributed by atoms with E-state index in [2.05, 4.69) is 6.92 Å². The molecule has 0 aliphatic heterocycles. The van der Waals surface area contributed by atoms with Gasteiger partial charge in [-0.15, -0.1) is 0 Å². The van der Waals surface area contributed by atoms with Crippen molar-refractivity contribution in [2.45, 2.75) is 37.6 Å². The second-order valence-electron chi connectivity index (χ2n) is 2.43. The van der Waals surface area contributed by atoms with Crippen molar-refractivity contribution in [2.24, 2.45) is 0 Å². The molecule has 0 aromatic heterocycles. The summed E-state index contributed by atoms with van der Waals surface area (Å²) in [5, 5.41) is 1.49. The average molecular weight is 249 g/mol. The summed E-state index contributed by atoms with van der Waals surface area (Å²) >= 11 is 1.49. The Labute approximate surface area is 83.3 Å². The topological polar surface area (TPSA) is 77.8 Å². The minimum atomic E-state index is -4.64. The van der Waals surface area contributed by atoms with Gasteiger partial charge in [-0.2, -0.15) is 0 Å². The van der Waals surface area contributed by atoms with E-state index in [4.69, 9.17) is 19.2 Å². The smallest absolute Gasteiger partial charge is 0.303 e. The van der Waals surface area contributed by atoms with Crippen LogP contribution in [0.2, 0.25) is 5.02 Å². The molecule has 0 atom stereocenters. The number of hydrogen-bond acceptors (Lipinski definition) is 1. The molecule has 0 rings (SSSR count). The molecule has 0 saturated heterocycles. The van der Waals surface area contributed by atoms with Crippen molar-refractivity contribution >= 4 is 7.82 Å². The van der Waals surface area contributed by atoms with Crippen molar-refractivity contribution in [2.75, 3.05) is 0 Å². The summed E-state index contributed by atoms with van der Waals surface area (Å²) < 4.78 is 8.88. The minimum absolute atomic E-state index is 1.38. The molecule has 0 aromatic carbocycles. The van der Waals surface area contributed by atoms with Gasteiger partial charge in [-0.1, -0.05) is 0 Å². The number of hydrogen-bond donors (Lipinski definition) is 3. The standard InChI is InChI=1S/C6H13.H3O4P.Zn/c1-3-5-6-4-2;1-5(2,3)4;/h1,3-6H2,2H3;(H3,1,2,3,4);. The molecule has 0 spiro atoms. The van der Waals surface area contributed by atoms with Crippen molar-refractivity contribution in [3.8, 4) is 0 Å². The van der Waals surface area contributed by atoms with Gasteiger partial charge < -0.3 is 14.7 Å². The maximum absolute atomic E-state index is 8.88. The van der Waals surface area contributed by atoms with Crippen molar-refractivity contribution in [1.82, 2.24) is 0 Å². The maximum atomic E-state index is 8.88. The van der Waals surface area contributed by atoms with E-state index in [1.165, 1.54) is 49.0 Å². The van der Waals surface area contributed by atoms with E-state index in [1.54, 1.807) is 0 Å². The molecule has 0 amide bonds. The van der Waals surface area contributed by atoms with E-state index in [1.807, 2.05) is 0 Å². The Morgan fingerprint density at radius 1 is 1.17 bits per heavy atom. The second kappa shape index (κ2) is 9.82. The first-order valence-electron chi connectivity index (χ1n) is 3.99. The van der Waals surface area contributed by atoms with E-state index in [9.17, 15) is 0 Å². The van der Waals surface area contributed by atoms with Crippen LogP contribution in [-0.4, -0.2) is 14.7 Å². The zero-order chi connectivity index (χ0) is 10.0. The molecule has 0 heterocycles. The van der Waals surface area contributed by atoms with Crippen LogP contribution in [0.5, 0.6) is 0 Å². The summed E-state index contributed by atoms with van der Waals surface area (Å²) in [4.78, 5) is 21.6. The van der Waals surface area contributed by atoms with Gasteiger partial charge in [0.05, 0.1) is 0 Å². The van der Waals surface area contributed by atoms with Gasteiger partial charge >= 0.3 is 63.7 Å². The number of rotatable bonds is 4. The van der Waals surface area contributed by atoms with Crippen molar-refractivity contribution < 1.29 is 37.5 Å². The molecule has 12 heavy (non-hydrogen) atoms. The van der Waals surface area contributed by atoms with Crippen molar-refractivity contribution in [1.29, 1.82) is 0 Å². The van der Waals surface area contributed by atoms with E-state index >= 15 is 0 Å². The quantitative estimate of drug-likeness (QED) is 0.401. The molecule has 0 bridgehead atoms.